The van der Waals surface area contributed by atoms with Crippen LogP contribution < -0.4 is 5.30 Å². The highest BCUT2D eigenvalue weighted by atomic mass is 31.2. The third kappa shape index (κ3) is 12.3. The summed E-state index contributed by atoms with van der Waals surface area (Å²) in [6, 6.07) is 7.08. The Balaban J connectivity index is 1.10. The number of fused-ring (bicyclic) bond motifs is 16. The summed E-state index contributed by atoms with van der Waals surface area (Å²) >= 11 is 0. The minimum atomic E-state index is -5.70. The molecule has 11 nitrogen and oxygen atoms in total. The first-order chi connectivity index (χ1) is 58.6. The van der Waals surface area contributed by atoms with Gasteiger partial charge in [-0.1, -0.05) is 0 Å². The molecule has 0 unspecified atom stereocenters. The lowest BCUT2D eigenvalue weighted by molar-refractivity contribution is 0.347. The fraction of sp³-hybridized carbons (Fsp3) is 0. The number of hydrogen-bond acceptors (Lipinski definition) is 7. The van der Waals surface area contributed by atoms with Crippen LogP contribution in [0, 0.1) is 175 Å². The van der Waals surface area contributed by atoms with Crippen molar-refractivity contribution in [1.29, 1.82) is 0 Å². The molecule has 17 rings (SSSR count). The van der Waals surface area contributed by atoms with Gasteiger partial charge in [-0.2, -0.15) is 14.7 Å². The fourth-order valence-electron chi connectivity index (χ4n) is 14.6. The number of nitrogens with one attached hydrogen (secondary N) is 4. The van der Waals surface area contributed by atoms with Gasteiger partial charge in [0.15, 0.2) is 145 Å². The number of aromatic nitrogens is 8. The van der Waals surface area contributed by atoms with Gasteiger partial charge in [0.25, 0.3) is 0 Å². The molecule has 16 bridgehead atoms. The van der Waals surface area contributed by atoms with Gasteiger partial charge in [-0.3, -0.25) is 0 Å². The predicted octanol–water partition coefficient (Wildman–Crippen LogP) is 23.5. The van der Waals surface area contributed by atoms with Crippen LogP contribution in [0.3, 0.4) is 0 Å². The van der Waals surface area contributed by atoms with E-state index in [1.807, 2.05) is 0 Å². The van der Waals surface area contributed by atoms with Crippen LogP contribution in [0.5, 0.6) is 0 Å². The molecule has 0 atom stereocenters. The number of H-pyrrole nitrogens is 4. The first-order valence-corrected chi connectivity index (χ1v) is 36.0. The molecule has 0 spiro atoms. The number of aromatic amines is 4. The Hall–Kier alpha value is -14.1. The molecule has 0 fully saturated rings. The molecule has 0 amide bonds. The Kier molecular flexibility index (Phi) is 19.5. The Morgan fingerprint density at radius 3 is 0.484 bits per heavy atom. The van der Waals surface area contributed by atoms with Crippen molar-refractivity contribution in [2.45, 2.75) is 0 Å². The van der Waals surface area contributed by atoms with E-state index in [1.165, 1.54) is 0 Å². The second kappa shape index (κ2) is 29.4. The zero-order valence-corrected chi connectivity index (χ0v) is 60.3. The Labute approximate surface area is 665 Å². The molecule has 6 aromatic heterocycles. The van der Waals surface area contributed by atoms with Crippen molar-refractivity contribution < 1.29 is 146 Å². The van der Waals surface area contributed by atoms with Crippen molar-refractivity contribution in [3.8, 4) is 89.0 Å². The van der Waals surface area contributed by atoms with Crippen molar-refractivity contribution >= 4 is 106 Å². The quantitative estimate of drug-likeness (QED) is 0.0326. The molecule has 124 heavy (non-hydrogen) atoms. The van der Waals surface area contributed by atoms with Gasteiger partial charge in [-0.15, -0.1) is 0 Å². The average molecular weight is 1770 g/mol. The molecule has 13 aromatic rings. The maximum absolute atomic E-state index is 16.9. The molecule has 626 valence electrons. The molecule has 0 aliphatic carbocycles. The van der Waals surface area contributed by atoms with Crippen molar-refractivity contribution in [2.24, 2.45) is 0 Å². The maximum Gasteiger partial charge on any atom is 0.440 e. The van der Waals surface area contributed by atoms with E-state index in [9.17, 15) is 23.5 Å². The molecule has 4 aliphatic rings. The topological polar surface area (TPSA) is 175 Å². The molecular weight excluding hydrogens is 1750 g/mol. The number of hydrogen-bond donors (Lipinski definition) is 7. The van der Waals surface area contributed by atoms with E-state index in [0.717, 1.165) is 24.3 Å². The number of nitrogens with zero attached hydrogens (tertiary/aromatic N) is 4. The molecule has 4 aliphatic heterocycles. The first-order valence-electron chi connectivity index (χ1n) is 34.3. The molecule has 10 heterocycles. The average Bonchev–Trinajstić information content (AvgIpc) is 1.58. The summed E-state index contributed by atoms with van der Waals surface area (Å²) in [7, 11) is -5.70. The zero-order valence-electron chi connectivity index (χ0n) is 59.4. The number of rotatable bonds is 9. The van der Waals surface area contributed by atoms with Crippen LogP contribution in [-0.4, -0.2) is 54.6 Å². The van der Waals surface area contributed by atoms with Crippen LogP contribution in [0.1, 0.15) is 45.6 Å². The zero-order chi connectivity index (χ0) is 89.0. The molecule has 7 N–H and O–H groups in total. The van der Waals surface area contributed by atoms with E-state index in [-0.39, 0.29) is 0 Å². The second-order valence-electron chi connectivity index (χ2n) is 27.0. The van der Waals surface area contributed by atoms with Crippen LogP contribution >= 0.6 is 7.94 Å². The van der Waals surface area contributed by atoms with Crippen molar-refractivity contribution in [3.05, 3.63) is 287 Å². The molecule has 0 saturated heterocycles. The molecule has 0 saturated carbocycles. The van der Waals surface area contributed by atoms with Gasteiger partial charge in [0, 0.05) is 88.6 Å². The lowest BCUT2D eigenvalue weighted by Crippen LogP contribution is -2.10. The third-order valence-electron chi connectivity index (χ3n) is 20.2. The highest BCUT2D eigenvalue weighted by Crippen LogP contribution is 2.52. The Morgan fingerprint density at radius 2 is 0.315 bits per heavy atom. The minimum Gasteiger partial charge on any atom is -0.354 e. The van der Waals surface area contributed by atoms with Crippen LogP contribution in [0.15, 0.2) is 66.7 Å². The van der Waals surface area contributed by atoms with Gasteiger partial charge < -0.3 is 19.9 Å². The molecular formula is C82H26F30N8O3P+. The van der Waals surface area contributed by atoms with Gasteiger partial charge >= 0.3 is 7.94 Å². The van der Waals surface area contributed by atoms with Gasteiger partial charge in [-0.25, -0.2) is 152 Å². The summed E-state index contributed by atoms with van der Waals surface area (Å²) in [6.45, 7) is 0. The van der Waals surface area contributed by atoms with Crippen LogP contribution in [-0.2, 0) is 0 Å². The highest BCUT2D eigenvalue weighted by molar-refractivity contribution is 7.66. The lowest BCUT2D eigenvalue weighted by Gasteiger charge is -2.15. The van der Waals surface area contributed by atoms with Crippen LogP contribution in [0.4, 0.5) is 132 Å². The summed E-state index contributed by atoms with van der Waals surface area (Å²) in [5.41, 5.74) is -40.0. The van der Waals surface area contributed by atoms with Gasteiger partial charge in [0.1, 0.15) is 0 Å². The van der Waals surface area contributed by atoms with E-state index in [1.54, 1.807) is 0 Å². The smallest absolute Gasteiger partial charge is 0.354 e. The van der Waals surface area contributed by atoms with Crippen molar-refractivity contribution in [2.75, 3.05) is 0 Å². The summed E-state index contributed by atoms with van der Waals surface area (Å²) in [5.74, 6) is -82.3. The van der Waals surface area contributed by atoms with Crippen LogP contribution in [0.25, 0.3) is 182 Å². The van der Waals surface area contributed by atoms with Gasteiger partial charge in [0.2, 0.25) is 34.9 Å². The third-order valence-corrected chi connectivity index (χ3v) is 21.1. The largest absolute Gasteiger partial charge is 0.440 e. The van der Waals surface area contributed by atoms with Gasteiger partial charge in [0.05, 0.1) is 78.9 Å². The molecule has 7 aromatic carbocycles. The van der Waals surface area contributed by atoms with E-state index in [4.69, 9.17) is 0 Å². The fourth-order valence-corrected chi connectivity index (χ4v) is 15.2. The summed E-state index contributed by atoms with van der Waals surface area (Å²) in [4.78, 5) is 60.7. The predicted molar refractivity (Wildman–Crippen MR) is 387 cm³/mol. The molecule has 42 heteroatoms. The first kappa shape index (κ1) is 82.3. The van der Waals surface area contributed by atoms with Crippen LogP contribution in [0.2, 0.25) is 0 Å². The van der Waals surface area contributed by atoms with Crippen molar-refractivity contribution in [1.82, 2.24) is 39.9 Å². The normalized spacial score (nSPS) is 12.6. The van der Waals surface area contributed by atoms with E-state index < -0.39 is 366 Å². The highest BCUT2D eigenvalue weighted by Gasteiger charge is 2.41. The van der Waals surface area contributed by atoms with E-state index in [0.29, 0.717) is 91.1 Å². The summed E-state index contributed by atoms with van der Waals surface area (Å²) in [5, 5.41) is -1.08. The van der Waals surface area contributed by atoms with Gasteiger partial charge in [-0.05, 0) is 126 Å². The summed E-state index contributed by atoms with van der Waals surface area (Å²) in [6.07, 6.45) is 4.95. The van der Waals surface area contributed by atoms with Crippen molar-refractivity contribution in [3.63, 3.8) is 0 Å². The standard InChI is InChI=1S/C82H26F30N8O3P/c83-53-47(54(84)66(96)77(107)65(53)95)41-27-7-3-23(113-27)39(24-4-8-28(114-24)42(48-55(85)67(97)78(108)68(98)56(48)86)32-12-16-36(118-32)45(35-15-11-31(41)117-35)51-61(91)73(103)81(111)74(104)62(51)92)21-2-1-20(124(121,122)123)19-22(21)40-25-5-9-29(115-25)43(49-57(87)69(99)79(109)70(100)58(49)88)33-13-17-37(119-33)46(52-63(93)75(105)82(112)76(106)64(52)94)38-18-14-34(120-38)44(30-10-6-26(40)116-30)50-59(89)71(101)80(110)72(102)60(50)90/h1-19,113,115,118,120-123H/q+1. The SMILES string of the molecule is O[P+](O)(O)c1ccc(-c2c3nc(c(-c4c(F)c(F)c(F)c(F)c4F)c4ccc([nH]4)c(-c4c(F)c(F)c(F)c(F)c4F)c4nc(c(-c5c(F)c(F)c(F)c(F)c5F)c5ccc2[nH]5)C=C4)C=C3)c(-c2c3nc(c(-c4c(F)c(F)c(F)c(F)c4F)c4ccc([nH]4)c(-c4c(F)c(F)c(F)c(F)c4F)c4nc(c(-c5c(F)c(F)c(F)c(F)c5F)c5ccc2[nH]5)C=C4)C=C3)c1. The Bertz CT molecular complexity index is 7320. The lowest BCUT2D eigenvalue weighted by atomic mass is 9.92. The monoisotopic (exact) mass is 1770 g/mol. The summed E-state index contributed by atoms with van der Waals surface area (Å²) < 4.78 is 480. The maximum atomic E-state index is 16.9. The number of benzene rings is 7. The second-order valence-corrected chi connectivity index (χ2v) is 28.6. The number of halogens is 30. The molecule has 0 radical (unpaired) electrons. The minimum absolute atomic E-state index is 0.541. The van der Waals surface area contributed by atoms with E-state index in [2.05, 4.69) is 39.9 Å². The Morgan fingerprint density at radius 1 is 0.169 bits per heavy atom. The van der Waals surface area contributed by atoms with E-state index >= 15 is 123 Å².